The third-order valence-electron chi connectivity index (χ3n) is 3.49. The van der Waals surface area contributed by atoms with Gasteiger partial charge in [-0.3, -0.25) is 4.79 Å². The molecular formula is C11H14N4O2S. The summed E-state index contributed by atoms with van der Waals surface area (Å²) >= 11 is 1.42. The fourth-order valence-electron chi connectivity index (χ4n) is 2.61. The second kappa shape index (κ2) is 4.64. The molecule has 0 bridgehead atoms. The maximum Gasteiger partial charge on any atom is 0.315 e. The molecule has 6 nitrogen and oxygen atoms in total. The van der Waals surface area contributed by atoms with Gasteiger partial charge in [-0.1, -0.05) is 24.2 Å². The number of hydrogen-bond acceptors (Lipinski definition) is 6. The van der Waals surface area contributed by atoms with Gasteiger partial charge in [0.05, 0.1) is 7.11 Å². The van der Waals surface area contributed by atoms with E-state index in [-0.39, 0.29) is 11.9 Å². The molecule has 7 heteroatoms. The van der Waals surface area contributed by atoms with Gasteiger partial charge in [0.1, 0.15) is 17.3 Å². The minimum Gasteiger partial charge on any atom is -0.468 e. The zero-order valence-electron chi connectivity index (χ0n) is 10.1. The normalized spacial score (nSPS) is 18.3. The van der Waals surface area contributed by atoms with Gasteiger partial charge in [0.25, 0.3) is 0 Å². The Morgan fingerprint density at radius 2 is 2.33 bits per heavy atom. The average Bonchev–Trinajstić information content (AvgIpc) is 3.04. The van der Waals surface area contributed by atoms with Crippen LogP contribution in [0.3, 0.4) is 0 Å². The van der Waals surface area contributed by atoms with Gasteiger partial charge in [-0.15, -0.1) is 10.2 Å². The number of carbonyl (C=O) groups excluding carboxylic acids is 1. The first-order valence-electron chi connectivity index (χ1n) is 6.04. The molecule has 0 saturated heterocycles. The van der Waals surface area contributed by atoms with Crippen molar-refractivity contribution in [2.45, 2.75) is 31.6 Å². The molecule has 2 aromatic rings. The van der Waals surface area contributed by atoms with Crippen molar-refractivity contribution < 1.29 is 9.53 Å². The number of fused-ring (bicyclic) bond motifs is 1. The summed E-state index contributed by atoms with van der Waals surface area (Å²) in [5.41, 5.74) is 0. The Balaban J connectivity index is 1.96. The van der Waals surface area contributed by atoms with Crippen LogP contribution in [0.1, 0.15) is 36.6 Å². The second-order valence-electron chi connectivity index (χ2n) is 4.54. The highest BCUT2D eigenvalue weighted by Crippen LogP contribution is 2.39. The lowest BCUT2D eigenvalue weighted by molar-refractivity contribution is -0.143. The number of ether oxygens (including phenoxy) is 1. The summed E-state index contributed by atoms with van der Waals surface area (Å²) < 4.78 is 6.55. The number of hydrogen-bond donors (Lipinski definition) is 0. The zero-order valence-corrected chi connectivity index (χ0v) is 10.9. The standard InChI is InChI=1S/C11H14N4O2S/c1-17-10(16)8(7-4-2-3-5-7)9-14-15-6-12-13-11(15)18-9/h6-8H,2-5H2,1H3. The molecule has 0 spiro atoms. The highest BCUT2D eigenvalue weighted by atomic mass is 32.1. The van der Waals surface area contributed by atoms with Crippen LogP contribution in [0.4, 0.5) is 0 Å². The Morgan fingerprint density at radius 3 is 3.00 bits per heavy atom. The SMILES string of the molecule is COC(=O)C(c1nn2cnnc2s1)C1CCCC1. The fourth-order valence-corrected chi connectivity index (χ4v) is 3.61. The summed E-state index contributed by atoms with van der Waals surface area (Å²) in [4.78, 5) is 12.7. The fraction of sp³-hybridized carbons (Fsp3) is 0.636. The Kier molecular flexibility index (Phi) is 2.99. The molecule has 0 aliphatic heterocycles. The first kappa shape index (κ1) is 11.6. The molecule has 0 aromatic carbocycles. The van der Waals surface area contributed by atoms with Gasteiger partial charge >= 0.3 is 5.97 Å². The average molecular weight is 266 g/mol. The van der Waals surface area contributed by atoms with E-state index in [4.69, 9.17) is 4.74 Å². The van der Waals surface area contributed by atoms with E-state index in [1.165, 1.54) is 31.3 Å². The summed E-state index contributed by atoms with van der Waals surface area (Å²) in [6.07, 6.45) is 6.06. The van der Waals surface area contributed by atoms with Gasteiger partial charge in [-0.25, -0.2) is 0 Å². The smallest absolute Gasteiger partial charge is 0.315 e. The van der Waals surface area contributed by atoms with E-state index < -0.39 is 0 Å². The molecule has 2 aromatic heterocycles. The quantitative estimate of drug-likeness (QED) is 0.790. The maximum atomic E-state index is 12.0. The predicted molar refractivity (Wildman–Crippen MR) is 65.4 cm³/mol. The number of rotatable bonds is 3. The van der Waals surface area contributed by atoms with Gasteiger partial charge in [0.2, 0.25) is 4.96 Å². The van der Waals surface area contributed by atoms with Crippen LogP contribution < -0.4 is 0 Å². The lowest BCUT2D eigenvalue weighted by atomic mass is 9.91. The summed E-state index contributed by atoms with van der Waals surface area (Å²) in [6, 6.07) is 0. The number of aromatic nitrogens is 4. The van der Waals surface area contributed by atoms with Gasteiger partial charge in [-0.05, 0) is 18.8 Å². The van der Waals surface area contributed by atoms with E-state index >= 15 is 0 Å². The summed E-state index contributed by atoms with van der Waals surface area (Å²) in [7, 11) is 1.44. The molecule has 3 rings (SSSR count). The Labute approximate surface area is 108 Å². The predicted octanol–water partition coefficient (Wildman–Crippen LogP) is 1.63. The third-order valence-corrected chi connectivity index (χ3v) is 4.49. The van der Waals surface area contributed by atoms with Crippen LogP contribution >= 0.6 is 11.3 Å². The molecule has 0 radical (unpaired) electrons. The van der Waals surface area contributed by atoms with Crippen molar-refractivity contribution >= 4 is 22.3 Å². The summed E-state index contributed by atoms with van der Waals surface area (Å²) in [6.45, 7) is 0. The van der Waals surface area contributed by atoms with Crippen molar-refractivity contribution in [1.29, 1.82) is 0 Å². The largest absolute Gasteiger partial charge is 0.468 e. The molecule has 96 valence electrons. The molecule has 1 aliphatic rings. The highest BCUT2D eigenvalue weighted by molar-refractivity contribution is 7.16. The maximum absolute atomic E-state index is 12.0. The van der Waals surface area contributed by atoms with Crippen LogP contribution in [0.15, 0.2) is 6.33 Å². The number of carbonyl (C=O) groups is 1. The van der Waals surface area contributed by atoms with E-state index in [0.717, 1.165) is 22.8 Å². The molecule has 1 fully saturated rings. The van der Waals surface area contributed by atoms with Crippen molar-refractivity contribution in [3.05, 3.63) is 11.3 Å². The number of esters is 1. The van der Waals surface area contributed by atoms with E-state index in [1.807, 2.05) is 0 Å². The van der Waals surface area contributed by atoms with Crippen molar-refractivity contribution in [3.8, 4) is 0 Å². The zero-order chi connectivity index (χ0) is 12.5. The number of nitrogens with zero attached hydrogens (tertiary/aromatic N) is 4. The monoisotopic (exact) mass is 266 g/mol. The van der Waals surface area contributed by atoms with E-state index in [0.29, 0.717) is 5.92 Å². The lowest BCUT2D eigenvalue weighted by Crippen LogP contribution is -2.21. The van der Waals surface area contributed by atoms with Gasteiger partial charge in [0.15, 0.2) is 0 Å². The van der Waals surface area contributed by atoms with Gasteiger partial charge in [0, 0.05) is 0 Å². The minimum absolute atomic E-state index is 0.188. The molecule has 18 heavy (non-hydrogen) atoms. The first-order chi connectivity index (χ1) is 8.79. The molecule has 1 unspecified atom stereocenters. The Bertz CT molecular complexity index is 530. The lowest BCUT2D eigenvalue weighted by Gasteiger charge is -2.17. The van der Waals surface area contributed by atoms with E-state index in [2.05, 4.69) is 15.3 Å². The van der Waals surface area contributed by atoms with Crippen LogP contribution in [0.25, 0.3) is 4.96 Å². The van der Waals surface area contributed by atoms with Crippen molar-refractivity contribution in [3.63, 3.8) is 0 Å². The summed E-state index contributed by atoms with van der Waals surface area (Å²) in [5, 5.41) is 12.9. The van der Waals surface area contributed by atoms with Crippen LogP contribution in [0.5, 0.6) is 0 Å². The van der Waals surface area contributed by atoms with E-state index in [9.17, 15) is 4.79 Å². The van der Waals surface area contributed by atoms with E-state index in [1.54, 1.807) is 10.8 Å². The molecular weight excluding hydrogens is 252 g/mol. The molecule has 1 aliphatic carbocycles. The van der Waals surface area contributed by atoms with Gasteiger partial charge in [-0.2, -0.15) is 9.61 Å². The molecule has 0 N–H and O–H groups in total. The topological polar surface area (TPSA) is 69.4 Å². The highest BCUT2D eigenvalue weighted by Gasteiger charge is 2.35. The summed E-state index contributed by atoms with van der Waals surface area (Å²) in [5.74, 6) is -0.0858. The third kappa shape index (κ3) is 1.88. The van der Waals surface area contributed by atoms with Crippen molar-refractivity contribution in [2.24, 2.45) is 5.92 Å². The molecule has 2 heterocycles. The van der Waals surface area contributed by atoms with Crippen LogP contribution in [0, 0.1) is 5.92 Å². The van der Waals surface area contributed by atoms with Gasteiger partial charge < -0.3 is 4.74 Å². The Morgan fingerprint density at radius 1 is 1.56 bits per heavy atom. The number of methoxy groups -OCH3 is 1. The Hall–Kier alpha value is -1.50. The second-order valence-corrected chi connectivity index (χ2v) is 5.53. The molecule has 1 atom stereocenters. The van der Waals surface area contributed by atoms with Crippen LogP contribution in [-0.4, -0.2) is 32.9 Å². The molecule has 1 saturated carbocycles. The van der Waals surface area contributed by atoms with Crippen molar-refractivity contribution in [2.75, 3.05) is 7.11 Å². The van der Waals surface area contributed by atoms with Crippen molar-refractivity contribution in [1.82, 2.24) is 19.8 Å². The van der Waals surface area contributed by atoms with Crippen LogP contribution in [0.2, 0.25) is 0 Å². The van der Waals surface area contributed by atoms with Crippen LogP contribution in [-0.2, 0) is 9.53 Å². The molecule has 0 amide bonds. The minimum atomic E-state index is -0.246. The first-order valence-corrected chi connectivity index (χ1v) is 6.86.